The van der Waals surface area contributed by atoms with Gasteiger partial charge in [0.15, 0.2) is 6.10 Å². The molecule has 0 bridgehead atoms. The second kappa shape index (κ2) is 8.05. The third kappa shape index (κ3) is 4.63. The van der Waals surface area contributed by atoms with Crippen LogP contribution in [0.5, 0.6) is 0 Å². The maximum Gasteiger partial charge on any atom is 0.416 e. The van der Waals surface area contributed by atoms with Crippen molar-refractivity contribution in [3.63, 3.8) is 0 Å². The van der Waals surface area contributed by atoms with Crippen LogP contribution in [0.4, 0.5) is 30.2 Å². The number of esters is 1. The fraction of sp³-hybridized carbons (Fsp3) is 0.211. The number of hydrogen-bond acceptors (Lipinski definition) is 6. The van der Waals surface area contributed by atoms with E-state index in [9.17, 15) is 37.7 Å². The van der Waals surface area contributed by atoms with Crippen LogP contribution >= 0.6 is 0 Å². The summed E-state index contributed by atoms with van der Waals surface area (Å²) in [4.78, 5) is 48.0. The number of nitro groups is 1. The minimum absolute atomic E-state index is 0.0100. The summed E-state index contributed by atoms with van der Waals surface area (Å²) in [6, 6.07) is 7.17. The zero-order valence-electron chi connectivity index (χ0n) is 15.8. The Bertz CT molecular complexity index is 1090. The molecule has 1 aliphatic rings. The summed E-state index contributed by atoms with van der Waals surface area (Å²) in [6.07, 6.45) is -6.07. The van der Waals surface area contributed by atoms with E-state index in [0.29, 0.717) is 6.07 Å². The van der Waals surface area contributed by atoms with E-state index in [1.165, 1.54) is 25.1 Å². The number of anilines is 2. The van der Waals surface area contributed by atoms with Crippen LogP contribution in [0.3, 0.4) is 0 Å². The van der Waals surface area contributed by atoms with Gasteiger partial charge in [0.05, 0.1) is 27.4 Å². The average Bonchev–Trinajstić information content (AvgIpc) is 2.71. The summed E-state index contributed by atoms with van der Waals surface area (Å²) in [5.41, 5.74) is -1.73. The van der Waals surface area contributed by atoms with E-state index in [0.717, 1.165) is 23.1 Å². The van der Waals surface area contributed by atoms with Gasteiger partial charge in [-0.15, -0.1) is 0 Å². The molecule has 2 amide bonds. The van der Waals surface area contributed by atoms with Crippen molar-refractivity contribution in [1.82, 2.24) is 0 Å². The Hall–Kier alpha value is -3.96. The first kappa shape index (κ1) is 21.7. The molecule has 3 rings (SSSR count). The molecule has 1 unspecified atom stereocenters. The molecule has 0 spiro atoms. The van der Waals surface area contributed by atoms with Crippen molar-refractivity contribution < 1.29 is 37.2 Å². The van der Waals surface area contributed by atoms with Gasteiger partial charge in [0.25, 0.3) is 11.6 Å². The molecular weight excluding hydrogens is 423 g/mol. The molecule has 12 heteroatoms. The van der Waals surface area contributed by atoms with Crippen LogP contribution in [-0.4, -0.2) is 35.4 Å². The Kier molecular flexibility index (Phi) is 5.64. The molecule has 0 aliphatic carbocycles. The second-order valence-corrected chi connectivity index (χ2v) is 6.56. The summed E-state index contributed by atoms with van der Waals surface area (Å²) < 4.78 is 43.8. The van der Waals surface area contributed by atoms with Crippen molar-refractivity contribution in [2.45, 2.75) is 19.2 Å². The van der Waals surface area contributed by atoms with Gasteiger partial charge in [0, 0.05) is 12.1 Å². The number of ether oxygens (including phenoxy) is 1. The lowest BCUT2D eigenvalue weighted by molar-refractivity contribution is -0.384. The maximum absolute atomic E-state index is 12.9. The Balaban J connectivity index is 1.81. The van der Waals surface area contributed by atoms with Gasteiger partial charge in [-0.2, -0.15) is 13.2 Å². The number of nitrogens with zero attached hydrogens (tertiary/aromatic N) is 2. The summed E-state index contributed by atoms with van der Waals surface area (Å²) in [5, 5.41) is 13.1. The number of benzene rings is 2. The predicted octanol–water partition coefficient (Wildman–Crippen LogP) is 3.14. The van der Waals surface area contributed by atoms with Crippen molar-refractivity contribution >= 4 is 34.8 Å². The minimum atomic E-state index is -4.65. The van der Waals surface area contributed by atoms with E-state index in [1.54, 1.807) is 0 Å². The summed E-state index contributed by atoms with van der Waals surface area (Å²) in [7, 11) is 0. The zero-order chi connectivity index (χ0) is 22.9. The van der Waals surface area contributed by atoms with Gasteiger partial charge in [-0.1, -0.05) is 6.07 Å². The number of hydrogen-bond donors (Lipinski definition) is 1. The van der Waals surface area contributed by atoms with E-state index in [2.05, 4.69) is 5.32 Å². The normalized spacial score (nSPS) is 14.3. The van der Waals surface area contributed by atoms with Crippen molar-refractivity contribution in [2.24, 2.45) is 0 Å². The predicted molar refractivity (Wildman–Crippen MR) is 100 cm³/mol. The number of nitrogens with one attached hydrogen (secondary N) is 1. The third-order valence-electron chi connectivity index (χ3n) is 4.38. The lowest BCUT2D eigenvalue weighted by Crippen LogP contribution is -2.47. The average molecular weight is 437 g/mol. The molecular formula is C19H14F3N3O6. The fourth-order valence-corrected chi connectivity index (χ4v) is 2.91. The molecule has 162 valence electrons. The van der Waals surface area contributed by atoms with Gasteiger partial charge in [-0.3, -0.25) is 24.6 Å². The molecule has 0 saturated heterocycles. The first-order valence-electron chi connectivity index (χ1n) is 8.75. The van der Waals surface area contributed by atoms with E-state index < -0.39 is 47.1 Å². The highest BCUT2D eigenvalue weighted by Crippen LogP contribution is 2.37. The molecule has 1 aliphatic heterocycles. The molecule has 0 radical (unpaired) electrons. The first-order valence-corrected chi connectivity index (χ1v) is 8.75. The number of carbonyl (C=O) groups is 3. The van der Waals surface area contributed by atoms with Crippen LogP contribution in [0.2, 0.25) is 0 Å². The summed E-state index contributed by atoms with van der Waals surface area (Å²) >= 11 is 0. The van der Waals surface area contributed by atoms with Crippen molar-refractivity contribution in [1.29, 1.82) is 0 Å². The SMILES string of the molecule is CC(OC(=O)c1cccc([N+](=O)[O-])c1)C(=O)N1CC(=O)Nc2cc(C(F)(F)F)ccc21. The highest BCUT2D eigenvalue weighted by molar-refractivity contribution is 6.11. The fourth-order valence-electron chi connectivity index (χ4n) is 2.91. The highest BCUT2D eigenvalue weighted by atomic mass is 19.4. The number of carbonyl (C=O) groups excluding carboxylic acids is 3. The molecule has 2 aromatic rings. The molecule has 31 heavy (non-hydrogen) atoms. The summed E-state index contributed by atoms with van der Waals surface area (Å²) in [6.45, 7) is 0.726. The number of non-ortho nitro benzene ring substituents is 1. The Labute approximate surface area is 172 Å². The van der Waals surface area contributed by atoms with Gasteiger partial charge in [-0.25, -0.2) is 4.79 Å². The standard InChI is InChI=1S/C19H14F3N3O6/c1-10(31-18(28)11-3-2-4-13(7-11)25(29)30)17(27)24-9-16(26)23-14-8-12(19(20,21)22)5-6-15(14)24/h2-8,10H,9H2,1H3,(H,23,26). The van der Waals surface area contributed by atoms with E-state index in [-0.39, 0.29) is 22.6 Å². The first-order chi connectivity index (χ1) is 14.5. The number of rotatable bonds is 4. The highest BCUT2D eigenvalue weighted by Gasteiger charge is 2.35. The second-order valence-electron chi connectivity index (χ2n) is 6.56. The Morgan fingerprint density at radius 2 is 1.94 bits per heavy atom. The molecule has 1 atom stereocenters. The van der Waals surface area contributed by atoms with Crippen LogP contribution in [0.25, 0.3) is 0 Å². The largest absolute Gasteiger partial charge is 0.449 e. The number of halogens is 3. The van der Waals surface area contributed by atoms with E-state index in [1.807, 2.05) is 0 Å². The molecule has 1 N–H and O–H groups in total. The van der Waals surface area contributed by atoms with Crippen LogP contribution in [0, 0.1) is 10.1 Å². The zero-order valence-corrected chi connectivity index (χ0v) is 15.8. The number of amides is 2. The lowest BCUT2D eigenvalue weighted by Gasteiger charge is -2.31. The topological polar surface area (TPSA) is 119 Å². The number of fused-ring (bicyclic) bond motifs is 1. The number of alkyl halides is 3. The van der Waals surface area contributed by atoms with Gasteiger partial charge >= 0.3 is 12.1 Å². The van der Waals surface area contributed by atoms with Gasteiger partial charge < -0.3 is 10.1 Å². The summed E-state index contributed by atoms with van der Waals surface area (Å²) in [5.74, 6) is -2.59. The van der Waals surface area contributed by atoms with Gasteiger partial charge in [-0.05, 0) is 31.2 Å². The monoisotopic (exact) mass is 437 g/mol. The maximum atomic E-state index is 12.9. The van der Waals surface area contributed by atoms with Crippen LogP contribution in [0.15, 0.2) is 42.5 Å². The molecule has 0 aromatic heterocycles. The van der Waals surface area contributed by atoms with Crippen molar-refractivity contribution in [2.75, 3.05) is 16.8 Å². The van der Waals surface area contributed by atoms with Crippen molar-refractivity contribution in [3.8, 4) is 0 Å². The van der Waals surface area contributed by atoms with E-state index in [4.69, 9.17) is 4.74 Å². The van der Waals surface area contributed by atoms with Crippen molar-refractivity contribution in [3.05, 3.63) is 63.7 Å². The number of nitro benzene ring substituents is 1. The molecule has 9 nitrogen and oxygen atoms in total. The van der Waals surface area contributed by atoms with Gasteiger partial charge in [0.1, 0.15) is 6.54 Å². The Morgan fingerprint density at radius 1 is 1.23 bits per heavy atom. The van der Waals surface area contributed by atoms with Crippen LogP contribution in [0.1, 0.15) is 22.8 Å². The molecule has 1 heterocycles. The molecule has 2 aromatic carbocycles. The van der Waals surface area contributed by atoms with Crippen LogP contribution in [-0.2, 0) is 20.5 Å². The smallest absolute Gasteiger partial charge is 0.416 e. The molecule has 0 saturated carbocycles. The third-order valence-corrected chi connectivity index (χ3v) is 4.38. The van der Waals surface area contributed by atoms with Gasteiger partial charge in [0.2, 0.25) is 5.91 Å². The van der Waals surface area contributed by atoms with Crippen LogP contribution < -0.4 is 10.2 Å². The quantitative estimate of drug-likeness (QED) is 0.446. The Morgan fingerprint density at radius 3 is 2.58 bits per heavy atom. The lowest BCUT2D eigenvalue weighted by atomic mass is 10.1. The minimum Gasteiger partial charge on any atom is -0.449 e. The molecule has 0 fully saturated rings. The van der Waals surface area contributed by atoms with E-state index >= 15 is 0 Å².